The van der Waals surface area contributed by atoms with Gasteiger partial charge in [-0.15, -0.1) is 0 Å². The van der Waals surface area contributed by atoms with Crippen molar-refractivity contribution in [3.8, 4) is 5.88 Å². The zero-order valence-corrected chi connectivity index (χ0v) is 21.2. The third-order valence-corrected chi connectivity index (χ3v) is 6.65. The molecule has 10 nitrogen and oxygen atoms in total. The van der Waals surface area contributed by atoms with Gasteiger partial charge in [0.2, 0.25) is 5.88 Å². The average molecular weight is 512 g/mol. The van der Waals surface area contributed by atoms with Gasteiger partial charge in [-0.25, -0.2) is 4.39 Å². The molecule has 2 aromatic heterocycles. The lowest BCUT2D eigenvalue weighted by Gasteiger charge is -2.44. The predicted octanol–water partition coefficient (Wildman–Crippen LogP) is 2.19. The van der Waals surface area contributed by atoms with E-state index in [1.807, 2.05) is 13.8 Å². The van der Waals surface area contributed by atoms with E-state index in [4.69, 9.17) is 15.2 Å². The van der Waals surface area contributed by atoms with Crippen molar-refractivity contribution < 1.29 is 28.2 Å². The van der Waals surface area contributed by atoms with E-state index in [1.54, 1.807) is 21.6 Å². The van der Waals surface area contributed by atoms with Crippen LogP contribution in [0.2, 0.25) is 0 Å². The van der Waals surface area contributed by atoms with Crippen molar-refractivity contribution in [3.05, 3.63) is 59.0 Å². The van der Waals surface area contributed by atoms with Crippen LogP contribution in [0.1, 0.15) is 40.1 Å². The topological polar surface area (TPSA) is 120 Å². The maximum atomic E-state index is 13.8. The van der Waals surface area contributed by atoms with Crippen molar-refractivity contribution in [1.82, 2.24) is 19.4 Å². The maximum absolute atomic E-state index is 13.8. The highest BCUT2D eigenvalue weighted by molar-refractivity contribution is 6.44. The molecule has 1 fully saturated rings. The molecule has 0 spiro atoms. The van der Waals surface area contributed by atoms with Crippen molar-refractivity contribution in [1.29, 1.82) is 0 Å². The summed E-state index contributed by atoms with van der Waals surface area (Å²) >= 11 is 0. The van der Waals surface area contributed by atoms with Gasteiger partial charge in [-0.05, 0) is 37.6 Å². The zero-order chi connectivity index (χ0) is 26.9. The number of nitrogens with two attached hydrogens (primary N) is 1. The summed E-state index contributed by atoms with van der Waals surface area (Å²) < 4.78 is 25.5. The molecular formula is C26H30FN5O5. The quantitative estimate of drug-likeness (QED) is 0.364. The van der Waals surface area contributed by atoms with Crippen LogP contribution in [-0.2, 0) is 22.8 Å². The number of aromatic nitrogens is 2. The number of amides is 2. The minimum absolute atomic E-state index is 0.0303. The number of nitrogens with zero attached hydrogens (tertiary/aromatic N) is 4. The number of ketones is 1. The summed E-state index contributed by atoms with van der Waals surface area (Å²) in [6.45, 7) is 5.74. The molecule has 4 rings (SSSR count). The fourth-order valence-corrected chi connectivity index (χ4v) is 4.73. The number of carbonyl (C=O) groups excluding carboxylic acids is 3. The minimum atomic E-state index is -1.11. The molecular weight excluding hydrogens is 481 g/mol. The molecule has 37 heavy (non-hydrogen) atoms. The van der Waals surface area contributed by atoms with E-state index in [1.165, 1.54) is 38.6 Å². The summed E-state index contributed by atoms with van der Waals surface area (Å²) in [4.78, 5) is 46.4. The van der Waals surface area contributed by atoms with E-state index in [-0.39, 0.29) is 47.5 Å². The van der Waals surface area contributed by atoms with Gasteiger partial charge in [0, 0.05) is 50.4 Å². The molecule has 196 valence electrons. The molecule has 11 heteroatoms. The Morgan fingerprint density at radius 2 is 1.78 bits per heavy atom. The molecule has 1 aromatic carbocycles. The summed E-state index contributed by atoms with van der Waals surface area (Å²) in [5.41, 5.74) is 6.78. The maximum Gasteiger partial charge on any atom is 0.289 e. The Bertz CT molecular complexity index is 1340. The Hall–Kier alpha value is -3.83. The summed E-state index contributed by atoms with van der Waals surface area (Å²) in [5.74, 6) is -2.48. The van der Waals surface area contributed by atoms with E-state index in [9.17, 15) is 18.8 Å². The Morgan fingerprint density at radius 1 is 1.08 bits per heavy atom. The first-order valence-corrected chi connectivity index (χ1v) is 11.8. The summed E-state index contributed by atoms with van der Waals surface area (Å²) in [7, 11) is 2.89. The number of hydrogen-bond donors (Lipinski definition) is 1. The highest BCUT2D eigenvalue weighted by Gasteiger charge is 2.34. The zero-order valence-electron chi connectivity index (χ0n) is 21.2. The molecule has 3 heterocycles. The second kappa shape index (κ2) is 10.7. The van der Waals surface area contributed by atoms with Gasteiger partial charge in [0.15, 0.2) is 0 Å². The molecule has 2 atom stereocenters. The molecule has 2 amide bonds. The number of ether oxygens (including phenoxy) is 2. The van der Waals surface area contributed by atoms with Crippen molar-refractivity contribution in [3.63, 3.8) is 0 Å². The molecule has 3 aromatic rings. The second-order valence-corrected chi connectivity index (χ2v) is 9.25. The second-order valence-electron chi connectivity index (χ2n) is 9.25. The Kier molecular flexibility index (Phi) is 7.55. The van der Waals surface area contributed by atoms with Crippen LogP contribution in [0.25, 0.3) is 11.0 Å². The number of Topliss-reactive ketones (excluding diaryl/α,β-unsaturated/α-hetero) is 1. The molecule has 1 saturated heterocycles. The number of piperazine rings is 1. The van der Waals surface area contributed by atoms with Crippen LogP contribution < -0.4 is 10.5 Å². The van der Waals surface area contributed by atoms with Crippen LogP contribution >= 0.6 is 0 Å². The van der Waals surface area contributed by atoms with E-state index in [2.05, 4.69) is 9.88 Å². The molecule has 0 bridgehead atoms. The smallest absolute Gasteiger partial charge is 0.289 e. The Balaban J connectivity index is 1.65. The van der Waals surface area contributed by atoms with Gasteiger partial charge < -0.3 is 24.7 Å². The number of carbonyl (C=O) groups is 3. The Morgan fingerprint density at radius 3 is 2.41 bits per heavy atom. The number of rotatable bonds is 8. The van der Waals surface area contributed by atoms with Crippen LogP contribution in [0.5, 0.6) is 5.88 Å². The normalized spacial score (nSPS) is 18.2. The molecule has 0 aliphatic carbocycles. The van der Waals surface area contributed by atoms with Gasteiger partial charge in [-0.2, -0.15) is 4.98 Å². The lowest BCUT2D eigenvalue weighted by Crippen LogP contribution is -2.57. The van der Waals surface area contributed by atoms with Gasteiger partial charge in [0.1, 0.15) is 23.8 Å². The van der Waals surface area contributed by atoms with Crippen LogP contribution in [-0.4, -0.2) is 76.3 Å². The van der Waals surface area contributed by atoms with E-state index in [0.29, 0.717) is 30.7 Å². The summed E-state index contributed by atoms with van der Waals surface area (Å²) in [5, 5.41) is 0.306. The van der Waals surface area contributed by atoms with Crippen LogP contribution in [0.3, 0.4) is 0 Å². The summed E-state index contributed by atoms with van der Waals surface area (Å²) in [6, 6.07) is 7.81. The fourth-order valence-electron chi connectivity index (χ4n) is 4.73. The lowest BCUT2D eigenvalue weighted by molar-refractivity contribution is -0.114. The number of methoxy groups -OCH3 is 2. The molecule has 0 radical (unpaired) electrons. The van der Waals surface area contributed by atoms with E-state index < -0.39 is 11.7 Å². The van der Waals surface area contributed by atoms with Crippen LogP contribution in [0, 0.1) is 5.82 Å². The minimum Gasteiger partial charge on any atom is -0.480 e. The van der Waals surface area contributed by atoms with Crippen LogP contribution in [0.4, 0.5) is 4.39 Å². The van der Waals surface area contributed by atoms with Gasteiger partial charge in [-0.3, -0.25) is 19.3 Å². The number of pyridine rings is 1. The first-order chi connectivity index (χ1) is 17.6. The lowest BCUT2D eigenvalue weighted by atomic mass is 10.0. The first kappa shape index (κ1) is 26.2. The number of hydrogen-bond acceptors (Lipinski definition) is 7. The molecule has 0 unspecified atom stereocenters. The third kappa shape index (κ3) is 5.18. The van der Waals surface area contributed by atoms with Crippen molar-refractivity contribution in [2.45, 2.75) is 39.2 Å². The van der Waals surface area contributed by atoms with Crippen molar-refractivity contribution in [2.75, 3.05) is 27.3 Å². The largest absolute Gasteiger partial charge is 0.480 e. The molecule has 1 aliphatic heterocycles. The van der Waals surface area contributed by atoms with E-state index in [0.717, 1.165) is 5.56 Å². The van der Waals surface area contributed by atoms with Gasteiger partial charge in [-0.1, -0.05) is 12.1 Å². The van der Waals surface area contributed by atoms with Gasteiger partial charge >= 0.3 is 0 Å². The summed E-state index contributed by atoms with van der Waals surface area (Å²) in [6.07, 6.45) is 1.43. The van der Waals surface area contributed by atoms with Crippen LogP contribution in [0.15, 0.2) is 36.5 Å². The number of benzene rings is 1. The van der Waals surface area contributed by atoms with Gasteiger partial charge in [0.25, 0.3) is 17.6 Å². The first-order valence-electron chi connectivity index (χ1n) is 11.8. The number of halogens is 1. The monoisotopic (exact) mass is 511 g/mol. The Labute approximate surface area is 213 Å². The standard InChI is InChI=1S/C26H30FN5O5/c1-15-11-32(16(2)10-30(15)12-17-5-7-18(27)8-6-17)26(35)20-9-19-21(22(33)23(28)34)13-31(14-36-3)24(19)29-25(20)37-4/h5-9,13,15-16H,10-12,14H2,1-4H3,(H2,28,34)/t15-,16+/m0/s1. The highest BCUT2D eigenvalue weighted by Crippen LogP contribution is 2.30. The number of primary amides is 1. The van der Waals surface area contributed by atoms with Crippen molar-refractivity contribution >= 4 is 28.6 Å². The average Bonchev–Trinajstić information content (AvgIpc) is 3.22. The third-order valence-electron chi connectivity index (χ3n) is 6.65. The van der Waals surface area contributed by atoms with Crippen molar-refractivity contribution in [2.24, 2.45) is 5.73 Å². The number of fused-ring (bicyclic) bond motifs is 1. The van der Waals surface area contributed by atoms with Gasteiger partial charge in [0.05, 0.1) is 12.7 Å². The highest BCUT2D eigenvalue weighted by atomic mass is 19.1. The molecule has 0 saturated carbocycles. The molecule has 1 aliphatic rings. The molecule has 2 N–H and O–H groups in total. The predicted molar refractivity (Wildman–Crippen MR) is 134 cm³/mol. The van der Waals surface area contributed by atoms with E-state index >= 15 is 0 Å². The fraction of sp³-hybridized carbons (Fsp3) is 0.385. The SMILES string of the molecule is COCn1cc(C(=O)C(N)=O)c2cc(C(=O)N3C[C@H](C)N(Cc4ccc(F)cc4)C[C@H]3C)c(OC)nc21.